The predicted molar refractivity (Wildman–Crippen MR) is 274 cm³/mol. The molecule has 0 spiro atoms. The van der Waals surface area contributed by atoms with Gasteiger partial charge in [-0.2, -0.15) is 0 Å². The van der Waals surface area contributed by atoms with Crippen molar-refractivity contribution < 1.29 is 31.4 Å². The van der Waals surface area contributed by atoms with E-state index >= 15 is 0 Å². The number of benzene rings is 2. The average molecular weight is 916 g/mol. The van der Waals surface area contributed by atoms with E-state index in [1.807, 2.05) is 0 Å². The number of nitrogens with zero attached hydrogens (tertiary/aromatic N) is 2. The Balaban J connectivity index is 0.00000518. The third-order valence-electron chi connectivity index (χ3n) is 12.6. The monoisotopic (exact) mass is 915 g/mol. The van der Waals surface area contributed by atoms with Crippen molar-refractivity contribution >= 4 is 11.4 Å². The first-order valence-corrected chi connectivity index (χ1v) is 26.8. The van der Waals surface area contributed by atoms with Crippen molar-refractivity contribution in [1.29, 1.82) is 0 Å². The molecule has 5 heteroatoms. The summed E-state index contributed by atoms with van der Waals surface area (Å²) < 4.78 is 1.65. The van der Waals surface area contributed by atoms with E-state index in [2.05, 4.69) is 78.8 Å². The number of aryl methyl sites for hydroxylation is 4. The number of rotatable bonds is 33. The summed E-state index contributed by atoms with van der Waals surface area (Å²) in [5, 5.41) is 15.1. The maximum Gasteiger partial charge on any atom is 0.210 e. The van der Waals surface area contributed by atoms with E-state index in [1.54, 1.807) is 51.9 Å². The fourth-order valence-corrected chi connectivity index (χ4v) is 9.13. The topological polar surface area (TPSA) is 65.8 Å². The minimum atomic E-state index is 0. The molecule has 0 amide bonds. The Morgan fingerprint density at radius 2 is 0.651 bits per heavy atom. The Bertz CT molecular complexity index is 1460. The van der Waals surface area contributed by atoms with Crippen LogP contribution >= 0.6 is 0 Å². The summed E-state index contributed by atoms with van der Waals surface area (Å²) in [6.45, 7) is 20.1. The van der Waals surface area contributed by atoms with Crippen LogP contribution in [-0.4, -0.2) is 28.1 Å². The molecule has 63 heavy (non-hydrogen) atoms. The zero-order valence-electron chi connectivity index (χ0n) is 42.8. The summed E-state index contributed by atoms with van der Waals surface area (Å²) in [6, 6.07) is 10.1. The van der Waals surface area contributed by atoms with Gasteiger partial charge in [0.05, 0.1) is 0 Å². The molecule has 1 heterocycles. The molecule has 0 fully saturated rings. The molecule has 364 valence electrons. The van der Waals surface area contributed by atoms with Gasteiger partial charge in [-0.15, -0.1) is 0 Å². The molecule has 0 aromatic heterocycles. The summed E-state index contributed by atoms with van der Waals surface area (Å²) in [7, 11) is 0. The molecule has 0 unspecified atom stereocenters. The third kappa shape index (κ3) is 23.8. The quantitative estimate of drug-likeness (QED) is 0.0426. The number of aliphatic hydroxyl groups is 2. The minimum absolute atomic E-state index is 0. The van der Waals surface area contributed by atoms with Gasteiger partial charge < -0.3 is 15.7 Å². The van der Waals surface area contributed by atoms with E-state index in [0.29, 0.717) is 0 Å². The zero-order valence-corrected chi connectivity index (χ0v) is 43.8. The van der Waals surface area contributed by atoms with E-state index in [4.69, 9.17) is 10.2 Å². The molecule has 2 aromatic carbocycles. The van der Waals surface area contributed by atoms with Crippen LogP contribution in [0.2, 0.25) is 0 Å². The Labute approximate surface area is 401 Å². The molecular formula is C58H100N2NiO2. The molecule has 3 rings (SSSR count). The van der Waals surface area contributed by atoms with E-state index in [0.717, 1.165) is 43.5 Å². The minimum Gasteiger partial charge on any atom is -0.493 e. The number of unbranched alkanes of at least 4 members (excludes halogenated alkanes) is 17. The van der Waals surface area contributed by atoms with Crippen LogP contribution in [0, 0.1) is 0 Å². The van der Waals surface area contributed by atoms with Crippen LogP contribution in [0.15, 0.2) is 35.9 Å². The fourth-order valence-electron chi connectivity index (χ4n) is 9.13. The predicted octanol–water partition coefficient (Wildman–Crippen LogP) is 17.6. The summed E-state index contributed by atoms with van der Waals surface area (Å²) in [5.41, 5.74) is 28.0. The van der Waals surface area contributed by atoms with Gasteiger partial charge >= 0.3 is 0 Å². The van der Waals surface area contributed by atoms with Gasteiger partial charge in [0, 0.05) is 52.5 Å². The second-order valence-corrected chi connectivity index (χ2v) is 18.2. The Morgan fingerprint density at radius 3 is 1.00 bits per heavy atom. The molecule has 2 N–H and O–H groups in total. The molecule has 1 aliphatic heterocycles. The van der Waals surface area contributed by atoms with Crippen molar-refractivity contribution in [2.45, 2.75) is 261 Å². The van der Waals surface area contributed by atoms with Gasteiger partial charge in [0.1, 0.15) is 0 Å². The fraction of sp³-hybridized carbons (Fsp3) is 0.724. The summed E-state index contributed by atoms with van der Waals surface area (Å²) in [6.07, 6.45) is 40.9. The van der Waals surface area contributed by atoms with Gasteiger partial charge in [0.15, 0.2) is 0 Å². The molecule has 0 saturated heterocycles. The second kappa shape index (κ2) is 40.2. The second-order valence-electron chi connectivity index (χ2n) is 18.2. The van der Waals surface area contributed by atoms with E-state index < -0.39 is 0 Å². The van der Waals surface area contributed by atoms with Crippen molar-refractivity contribution in [3.8, 4) is 0 Å². The molecule has 2 aromatic rings. The van der Waals surface area contributed by atoms with Gasteiger partial charge in [0.2, 0.25) is 11.4 Å². The molecule has 4 nitrogen and oxygen atoms in total. The van der Waals surface area contributed by atoms with Crippen LogP contribution in [0.3, 0.4) is 0 Å². The first kappa shape index (κ1) is 60.9. The molecule has 0 aliphatic carbocycles. The van der Waals surface area contributed by atoms with Crippen LogP contribution in [0.1, 0.15) is 267 Å². The maximum absolute atomic E-state index is 12.6. The molecular weight excluding hydrogens is 815 g/mol. The van der Waals surface area contributed by atoms with Gasteiger partial charge in [-0.25, -0.2) is 4.70 Å². The summed E-state index contributed by atoms with van der Waals surface area (Å²) >= 11 is 0. The third-order valence-corrected chi connectivity index (χ3v) is 12.6. The van der Waals surface area contributed by atoms with Crippen molar-refractivity contribution in [2.75, 3.05) is 13.2 Å². The van der Waals surface area contributed by atoms with Crippen LogP contribution in [0.4, 0.5) is 0 Å². The number of hydrogen-bond donors (Lipinski definition) is 2. The standard InChI is InChI=1S/C54H88N2.2C2H6O.Ni/c1-8-15-22-23-24-31-36-48-43-53(49-39-44(32-25-16-9-2)51(37-29-20-13-6)45(40-49)33-26-17-10-3)56(55)54(48)50-41-46(34-27-18-11-4)52(38-30-21-14-7)47(42-50)35-28-19-12-5;2*1-2-3;/h39-43H,8-38H2,1-7H3;2*3H,2H2,1H3;. The molecule has 0 radical (unpaired) electrons. The SMILES string of the molecule is CCCCCCCCC1=C(c2cc(CCCCC)c(CCCCC)c(CCCCC)c2)[N+](=[N-])C(c2cc(CCCCC)c(CCCCC)c(CCCCC)c2)=C1.CCO.CCO.[Ni]. The molecule has 1 aliphatic rings. The van der Waals surface area contributed by atoms with Crippen LogP contribution in [-0.2, 0) is 55.0 Å². The molecule has 0 bridgehead atoms. The maximum atomic E-state index is 12.6. The number of allylic oxidation sites excluding steroid dienone is 2. The Kier molecular flexibility index (Phi) is 38.9. The van der Waals surface area contributed by atoms with Gasteiger partial charge in [-0.05, 0) is 161 Å². The van der Waals surface area contributed by atoms with Crippen LogP contribution < -0.4 is 0 Å². The van der Waals surface area contributed by atoms with Crippen LogP contribution in [0.25, 0.3) is 16.9 Å². The smallest absolute Gasteiger partial charge is 0.210 e. The summed E-state index contributed by atoms with van der Waals surface area (Å²) in [5.74, 6) is 0. The largest absolute Gasteiger partial charge is 0.493 e. The van der Waals surface area contributed by atoms with Gasteiger partial charge in [-0.1, -0.05) is 158 Å². The average Bonchev–Trinajstić information content (AvgIpc) is 3.59. The summed E-state index contributed by atoms with van der Waals surface area (Å²) in [4.78, 5) is 0. The van der Waals surface area contributed by atoms with E-state index in [-0.39, 0.29) is 29.7 Å². The van der Waals surface area contributed by atoms with Gasteiger partial charge in [0.25, 0.3) is 0 Å². The van der Waals surface area contributed by atoms with Crippen LogP contribution in [0.5, 0.6) is 0 Å². The first-order valence-electron chi connectivity index (χ1n) is 26.8. The number of aliphatic hydroxyl groups excluding tert-OH is 2. The Hall–Kier alpha value is -2.07. The normalized spacial score (nSPS) is 12.2. The Morgan fingerprint density at radius 1 is 0.381 bits per heavy atom. The number of hydrogen-bond acceptors (Lipinski definition) is 2. The first-order chi connectivity index (χ1) is 30.3. The zero-order chi connectivity index (χ0) is 45.8. The van der Waals surface area contributed by atoms with Crippen molar-refractivity contribution in [2.24, 2.45) is 0 Å². The molecule has 0 atom stereocenters. The van der Waals surface area contributed by atoms with E-state index in [9.17, 15) is 5.53 Å². The molecule has 0 saturated carbocycles. The van der Waals surface area contributed by atoms with Crippen molar-refractivity contribution in [3.05, 3.63) is 86.0 Å². The van der Waals surface area contributed by atoms with Crippen molar-refractivity contribution in [3.63, 3.8) is 0 Å². The van der Waals surface area contributed by atoms with E-state index in [1.165, 1.54) is 184 Å². The van der Waals surface area contributed by atoms with Gasteiger partial charge in [-0.3, -0.25) is 0 Å². The van der Waals surface area contributed by atoms with Crippen molar-refractivity contribution in [1.82, 2.24) is 0 Å².